The topological polar surface area (TPSA) is 38.9 Å². The van der Waals surface area contributed by atoms with Crippen molar-refractivity contribution in [3.63, 3.8) is 0 Å². The molecule has 1 aromatic rings. The molecule has 0 aliphatic rings. The van der Waals surface area contributed by atoms with E-state index in [-0.39, 0.29) is 6.04 Å². The van der Waals surface area contributed by atoms with Gasteiger partial charge in [-0.2, -0.15) is 0 Å². The van der Waals surface area contributed by atoms with E-state index in [9.17, 15) is 0 Å². The van der Waals surface area contributed by atoms with Crippen molar-refractivity contribution in [3.8, 4) is 0 Å². The molecule has 1 heterocycles. The van der Waals surface area contributed by atoms with E-state index in [0.29, 0.717) is 11.3 Å². The van der Waals surface area contributed by atoms with Crippen LogP contribution in [0.5, 0.6) is 0 Å². The van der Waals surface area contributed by atoms with Crippen LogP contribution in [0.15, 0.2) is 24.5 Å². The summed E-state index contributed by atoms with van der Waals surface area (Å²) >= 11 is 0. The highest BCUT2D eigenvalue weighted by Gasteiger charge is 2.17. The maximum Gasteiger partial charge on any atom is 0.0270 e. The van der Waals surface area contributed by atoms with E-state index in [4.69, 9.17) is 5.73 Å². The van der Waals surface area contributed by atoms with Crippen LogP contribution in [-0.4, -0.2) is 11.0 Å². The second-order valence-corrected chi connectivity index (χ2v) is 6.43. The quantitative estimate of drug-likeness (QED) is 0.848. The minimum Gasteiger partial charge on any atom is -0.327 e. The lowest BCUT2D eigenvalue weighted by Gasteiger charge is -2.25. The van der Waals surface area contributed by atoms with Crippen LogP contribution in [0.3, 0.4) is 0 Å². The number of hydrogen-bond acceptors (Lipinski definition) is 2. The molecule has 2 nitrogen and oxygen atoms in total. The van der Waals surface area contributed by atoms with Gasteiger partial charge >= 0.3 is 0 Å². The Morgan fingerprint density at radius 2 is 1.82 bits per heavy atom. The number of nitrogens with two attached hydrogens (primary N) is 1. The van der Waals surface area contributed by atoms with Crippen molar-refractivity contribution >= 4 is 0 Å². The molecular weight excluding hydrogens is 208 g/mol. The summed E-state index contributed by atoms with van der Waals surface area (Å²) in [6.45, 7) is 9.17. The molecule has 1 rings (SSSR count). The van der Waals surface area contributed by atoms with Crippen LogP contribution >= 0.6 is 0 Å². The first kappa shape index (κ1) is 14.2. The molecule has 2 heteroatoms. The molecule has 0 bridgehead atoms. The first-order valence-electron chi connectivity index (χ1n) is 6.51. The summed E-state index contributed by atoms with van der Waals surface area (Å²) in [5.74, 6) is 0.687. The van der Waals surface area contributed by atoms with E-state index < -0.39 is 0 Å². The minimum atomic E-state index is 0.259. The second-order valence-electron chi connectivity index (χ2n) is 6.43. The summed E-state index contributed by atoms with van der Waals surface area (Å²) in [6, 6.07) is 4.36. The van der Waals surface area contributed by atoms with Crippen LogP contribution < -0.4 is 5.73 Å². The number of nitrogens with zero attached hydrogens (tertiary/aromatic N) is 1. The standard InChI is InChI=1S/C15H26N2/c1-12(11-15(2,3)4)9-14(16)10-13-5-7-17-8-6-13/h5-8,12,14H,9-11,16H2,1-4H3. The van der Waals surface area contributed by atoms with E-state index in [1.165, 1.54) is 12.0 Å². The summed E-state index contributed by atoms with van der Waals surface area (Å²) in [7, 11) is 0. The molecule has 1 aromatic heterocycles. The van der Waals surface area contributed by atoms with Crippen molar-refractivity contribution < 1.29 is 0 Å². The molecule has 0 aliphatic carbocycles. The molecule has 0 aliphatic heterocycles. The zero-order valence-corrected chi connectivity index (χ0v) is 11.6. The van der Waals surface area contributed by atoms with Crippen molar-refractivity contribution in [1.82, 2.24) is 4.98 Å². The molecule has 2 N–H and O–H groups in total. The molecule has 17 heavy (non-hydrogen) atoms. The monoisotopic (exact) mass is 234 g/mol. The van der Waals surface area contributed by atoms with Crippen LogP contribution in [-0.2, 0) is 6.42 Å². The average molecular weight is 234 g/mol. The smallest absolute Gasteiger partial charge is 0.0270 e. The molecule has 0 radical (unpaired) electrons. The molecule has 2 atom stereocenters. The lowest BCUT2D eigenvalue weighted by Crippen LogP contribution is -2.26. The number of hydrogen-bond donors (Lipinski definition) is 1. The normalized spacial score (nSPS) is 15.6. The van der Waals surface area contributed by atoms with Gasteiger partial charge in [-0.05, 0) is 48.3 Å². The molecule has 2 unspecified atom stereocenters. The third-order valence-corrected chi connectivity index (χ3v) is 2.91. The van der Waals surface area contributed by atoms with E-state index in [0.717, 1.165) is 12.8 Å². The summed E-state index contributed by atoms with van der Waals surface area (Å²) in [5.41, 5.74) is 7.89. The van der Waals surface area contributed by atoms with Gasteiger partial charge in [0.1, 0.15) is 0 Å². The SMILES string of the molecule is CC(CC(N)Cc1ccncc1)CC(C)(C)C. The summed E-state index contributed by atoms with van der Waals surface area (Å²) in [4.78, 5) is 4.02. The van der Waals surface area contributed by atoms with Crippen molar-refractivity contribution in [2.24, 2.45) is 17.1 Å². The van der Waals surface area contributed by atoms with Gasteiger partial charge in [0.2, 0.25) is 0 Å². The van der Waals surface area contributed by atoms with Gasteiger partial charge in [0.15, 0.2) is 0 Å². The van der Waals surface area contributed by atoms with E-state index in [1.54, 1.807) is 0 Å². The Bertz CT molecular complexity index is 313. The highest BCUT2D eigenvalue weighted by atomic mass is 14.6. The Morgan fingerprint density at radius 1 is 1.24 bits per heavy atom. The molecule has 0 spiro atoms. The molecule has 0 amide bonds. The fourth-order valence-corrected chi connectivity index (χ4v) is 2.55. The van der Waals surface area contributed by atoms with E-state index in [1.807, 2.05) is 24.5 Å². The summed E-state index contributed by atoms with van der Waals surface area (Å²) in [5, 5.41) is 0. The predicted molar refractivity (Wildman–Crippen MR) is 73.8 cm³/mol. The van der Waals surface area contributed by atoms with Crippen LogP contribution in [0.25, 0.3) is 0 Å². The molecule has 0 saturated heterocycles. The Labute approximate surface area is 106 Å². The van der Waals surface area contributed by atoms with Gasteiger partial charge in [0, 0.05) is 18.4 Å². The van der Waals surface area contributed by atoms with Gasteiger partial charge in [0.25, 0.3) is 0 Å². The number of pyridine rings is 1. The second kappa shape index (κ2) is 6.15. The van der Waals surface area contributed by atoms with Crippen LogP contribution in [0, 0.1) is 11.3 Å². The highest BCUT2D eigenvalue weighted by molar-refractivity contribution is 5.11. The molecule has 96 valence electrons. The Hall–Kier alpha value is -0.890. The number of aromatic nitrogens is 1. The highest BCUT2D eigenvalue weighted by Crippen LogP contribution is 2.26. The fraction of sp³-hybridized carbons (Fsp3) is 0.667. The molecule has 0 aromatic carbocycles. The molecule has 0 fully saturated rings. The summed E-state index contributed by atoms with van der Waals surface area (Å²) < 4.78 is 0. The van der Waals surface area contributed by atoms with Gasteiger partial charge in [-0.25, -0.2) is 0 Å². The van der Waals surface area contributed by atoms with Gasteiger partial charge in [-0.3, -0.25) is 4.98 Å². The average Bonchev–Trinajstić information content (AvgIpc) is 2.15. The first-order chi connectivity index (χ1) is 7.87. The van der Waals surface area contributed by atoms with Gasteiger partial charge in [-0.15, -0.1) is 0 Å². The van der Waals surface area contributed by atoms with Gasteiger partial charge < -0.3 is 5.73 Å². The zero-order chi connectivity index (χ0) is 12.9. The lowest BCUT2D eigenvalue weighted by atomic mass is 9.82. The fourth-order valence-electron chi connectivity index (χ4n) is 2.55. The lowest BCUT2D eigenvalue weighted by molar-refractivity contribution is 0.285. The van der Waals surface area contributed by atoms with Gasteiger partial charge in [0.05, 0.1) is 0 Å². The van der Waals surface area contributed by atoms with Crippen LogP contribution in [0.4, 0.5) is 0 Å². The Kier molecular flexibility index (Phi) is 5.13. The van der Waals surface area contributed by atoms with Crippen LogP contribution in [0.2, 0.25) is 0 Å². The largest absolute Gasteiger partial charge is 0.327 e. The van der Waals surface area contributed by atoms with E-state index in [2.05, 4.69) is 32.7 Å². The van der Waals surface area contributed by atoms with Crippen molar-refractivity contribution in [2.45, 2.75) is 53.0 Å². The zero-order valence-electron chi connectivity index (χ0n) is 11.6. The van der Waals surface area contributed by atoms with E-state index >= 15 is 0 Å². The maximum atomic E-state index is 6.21. The van der Waals surface area contributed by atoms with Crippen molar-refractivity contribution in [1.29, 1.82) is 0 Å². The summed E-state index contributed by atoms with van der Waals surface area (Å²) in [6.07, 6.45) is 6.95. The number of rotatable bonds is 5. The Morgan fingerprint density at radius 3 is 2.35 bits per heavy atom. The predicted octanol–water partition coefficient (Wildman–Crippen LogP) is 3.41. The molecular formula is C15H26N2. The maximum absolute atomic E-state index is 6.21. The first-order valence-corrected chi connectivity index (χ1v) is 6.51. The van der Waals surface area contributed by atoms with Crippen molar-refractivity contribution in [3.05, 3.63) is 30.1 Å². The van der Waals surface area contributed by atoms with Crippen molar-refractivity contribution in [2.75, 3.05) is 0 Å². The Balaban J connectivity index is 2.37. The van der Waals surface area contributed by atoms with Crippen LogP contribution in [0.1, 0.15) is 46.1 Å². The van der Waals surface area contributed by atoms with Gasteiger partial charge in [-0.1, -0.05) is 27.7 Å². The third kappa shape index (κ3) is 6.42. The molecule has 0 saturated carbocycles. The minimum absolute atomic E-state index is 0.259. The third-order valence-electron chi connectivity index (χ3n) is 2.91.